The first kappa shape index (κ1) is 20.7. The largest absolute Gasteiger partial charge is 0.385 e. The normalized spacial score (nSPS) is 24.2. The molecule has 162 valence electrons. The van der Waals surface area contributed by atoms with Crippen molar-refractivity contribution in [3.8, 4) is 0 Å². The highest BCUT2D eigenvalue weighted by molar-refractivity contribution is 5.49. The molecule has 0 unspecified atom stereocenters. The lowest BCUT2D eigenvalue weighted by atomic mass is 10.1. The number of rotatable bonds is 4. The van der Waals surface area contributed by atoms with Gasteiger partial charge in [0.25, 0.3) is 0 Å². The van der Waals surface area contributed by atoms with E-state index in [4.69, 9.17) is 4.98 Å². The zero-order valence-electron chi connectivity index (χ0n) is 18.3. The Hall–Kier alpha value is -2.52. The van der Waals surface area contributed by atoms with Gasteiger partial charge in [0.2, 0.25) is 5.95 Å². The van der Waals surface area contributed by atoms with Crippen LogP contribution in [0.4, 0.5) is 17.6 Å². The third-order valence-electron chi connectivity index (χ3n) is 5.95. The maximum absolute atomic E-state index is 9.84. The number of hydrogen-bond donors (Lipinski definition) is 1. The minimum absolute atomic E-state index is 0.243. The molecule has 0 saturated carbocycles. The number of hydrogen-bond acceptors (Lipinski definition) is 9. The average Bonchev–Trinajstić information content (AvgIpc) is 2.74. The fourth-order valence-electron chi connectivity index (χ4n) is 4.34. The molecular formula is C21H32N8O. The van der Waals surface area contributed by atoms with E-state index in [1.54, 1.807) is 13.1 Å². The predicted molar refractivity (Wildman–Crippen MR) is 118 cm³/mol. The molecule has 9 nitrogen and oxygen atoms in total. The van der Waals surface area contributed by atoms with Gasteiger partial charge in [-0.05, 0) is 40.0 Å². The Labute approximate surface area is 178 Å². The molecule has 2 saturated heterocycles. The smallest absolute Gasteiger partial charge is 0.227 e. The third kappa shape index (κ3) is 4.32. The van der Waals surface area contributed by atoms with Crippen molar-refractivity contribution in [1.29, 1.82) is 0 Å². The predicted octanol–water partition coefficient (Wildman–Crippen LogP) is 1.18. The van der Waals surface area contributed by atoms with E-state index in [9.17, 15) is 5.11 Å². The molecule has 4 rings (SSSR count). The zero-order chi connectivity index (χ0) is 21.3. The second-order valence-electron chi connectivity index (χ2n) is 8.46. The molecule has 30 heavy (non-hydrogen) atoms. The maximum atomic E-state index is 9.84. The average molecular weight is 413 g/mol. The molecule has 0 radical (unpaired) electrons. The lowest BCUT2D eigenvalue weighted by molar-refractivity contribution is 0.189. The van der Waals surface area contributed by atoms with E-state index in [2.05, 4.69) is 55.4 Å². The van der Waals surface area contributed by atoms with Crippen LogP contribution in [-0.4, -0.2) is 88.3 Å². The first-order chi connectivity index (χ1) is 14.4. The Morgan fingerprint density at radius 3 is 2.20 bits per heavy atom. The van der Waals surface area contributed by atoms with Crippen LogP contribution in [0, 0.1) is 0 Å². The third-order valence-corrected chi connectivity index (χ3v) is 5.95. The van der Waals surface area contributed by atoms with Gasteiger partial charge in [-0.2, -0.15) is 4.98 Å². The van der Waals surface area contributed by atoms with Gasteiger partial charge >= 0.3 is 0 Å². The van der Waals surface area contributed by atoms with Gasteiger partial charge in [-0.25, -0.2) is 15.0 Å². The van der Waals surface area contributed by atoms with Crippen molar-refractivity contribution >= 4 is 17.6 Å². The van der Waals surface area contributed by atoms with Crippen LogP contribution in [0.25, 0.3) is 0 Å². The number of aliphatic hydroxyl groups excluding tert-OH is 1. The molecule has 0 bridgehead atoms. The minimum atomic E-state index is -0.675. The molecule has 2 aliphatic heterocycles. The summed E-state index contributed by atoms with van der Waals surface area (Å²) in [5, 5.41) is 9.84. The van der Waals surface area contributed by atoms with Gasteiger partial charge in [0, 0.05) is 63.7 Å². The van der Waals surface area contributed by atoms with Gasteiger partial charge in [0.05, 0.1) is 0 Å². The number of aliphatic hydroxyl groups is 1. The molecule has 0 aliphatic carbocycles. The standard InChI is InChI=1S/C21H32N8O/c1-15-13-28(14-16(2)29(15)19-6-7-22-20(24-19)17(3)30)18-5-8-23-21(25-18)27-11-9-26(4)10-12-27/h5-8,15-17,30H,9-14H2,1-4H3/t15-,16+,17-/m0/s1. The summed E-state index contributed by atoms with van der Waals surface area (Å²) >= 11 is 0. The van der Waals surface area contributed by atoms with Crippen LogP contribution in [0.15, 0.2) is 24.5 Å². The molecular weight excluding hydrogens is 380 g/mol. The quantitative estimate of drug-likeness (QED) is 0.795. The van der Waals surface area contributed by atoms with Crippen LogP contribution in [0.3, 0.4) is 0 Å². The first-order valence-electron chi connectivity index (χ1n) is 10.7. The van der Waals surface area contributed by atoms with E-state index in [1.165, 1.54) is 0 Å². The Morgan fingerprint density at radius 2 is 1.53 bits per heavy atom. The molecule has 0 spiro atoms. The van der Waals surface area contributed by atoms with Gasteiger partial charge in [-0.3, -0.25) is 0 Å². The van der Waals surface area contributed by atoms with Crippen molar-refractivity contribution in [1.82, 2.24) is 24.8 Å². The fraction of sp³-hybridized carbons (Fsp3) is 0.619. The van der Waals surface area contributed by atoms with Crippen molar-refractivity contribution in [2.75, 3.05) is 61.0 Å². The summed E-state index contributed by atoms with van der Waals surface area (Å²) in [6.45, 7) is 11.8. The molecule has 2 fully saturated rings. The monoisotopic (exact) mass is 412 g/mol. The van der Waals surface area contributed by atoms with Crippen LogP contribution in [-0.2, 0) is 0 Å². The van der Waals surface area contributed by atoms with Crippen molar-refractivity contribution in [2.24, 2.45) is 0 Å². The van der Waals surface area contributed by atoms with Gasteiger partial charge in [0.15, 0.2) is 5.82 Å². The van der Waals surface area contributed by atoms with E-state index in [1.807, 2.05) is 18.3 Å². The van der Waals surface area contributed by atoms with Crippen LogP contribution in [0.1, 0.15) is 32.7 Å². The zero-order valence-corrected chi connectivity index (χ0v) is 18.3. The van der Waals surface area contributed by atoms with Crippen molar-refractivity contribution in [3.63, 3.8) is 0 Å². The highest BCUT2D eigenvalue weighted by Gasteiger charge is 2.32. The summed E-state index contributed by atoms with van der Waals surface area (Å²) < 4.78 is 0. The maximum Gasteiger partial charge on any atom is 0.227 e. The summed E-state index contributed by atoms with van der Waals surface area (Å²) in [5.41, 5.74) is 0. The number of piperazine rings is 2. The highest BCUT2D eigenvalue weighted by atomic mass is 16.3. The summed E-state index contributed by atoms with van der Waals surface area (Å²) in [7, 11) is 2.15. The molecule has 3 atom stereocenters. The Bertz CT molecular complexity index is 842. The Balaban J connectivity index is 1.50. The van der Waals surface area contributed by atoms with Crippen LogP contribution < -0.4 is 14.7 Å². The molecule has 2 aliphatic rings. The van der Waals surface area contributed by atoms with Crippen molar-refractivity contribution in [2.45, 2.75) is 39.0 Å². The van der Waals surface area contributed by atoms with Gasteiger partial charge in [-0.15, -0.1) is 0 Å². The van der Waals surface area contributed by atoms with Gasteiger partial charge < -0.3 is 24.7 Å². The summed E-state index contributed by atoms with van der Waals surface area (Å²) in [6.07, 6.45) is 2.92. The van der Waals surface area contributed by atoms with E-state index in [0.29, 0.717) is 5.82 Å². The molecule has 2 aromatic rings. The SMILES string of the molecule is C[C@H](O)c1nccc(N2[C@H](C)CN(c3ccnc(N4CCN(C)CC4)n3)C[C@@H]2C)n1. The molecule has 4 heterocycles. The van der Waals surface area contributed by atoms with E-state index < -0.39 is 6.10 Å². The first-order valence-corrected chi connectivity index (χ1v) is 10.7. The summed E-state index contributed by atoms with van der Waals surface area (Å²) in [5.74, 6) is 3.12. The van der Waals surface area contributed by atoms with Crippen LogP contribution in [0.2, 0.25) is 0 Å². The molecule has 0 aromatic carbocycles. The molecule has 1 N–H and O–H groups in total. The van der Waals surface area contributed by atoms with Gasteiger partial charge in [0.1, 0.15) is 17.7 Å². The number of anilines is 3. The number of aromatic nitrogens is 4. The Kier molecular flexibility index (Phi) is 6.01. The molecule has 9 heteroatoms. The minimum Gasteiger partial charge on any atom is -0.385 e. The fourth-order valence-corrected chi connectivity index (χ4v) is 4.34. The summed E-state index contributed by atoms with van der Waals surface area (Å²) in [4.78, 5) is 27.4. The molecule has 2 aromatic heterocycles. The number of likely N-dealkylation sites (N-methyl/N-ethyl adjacent to an activating group) is 1. The van der Waals surface area contributed by atoms with E-state index >= 15 is 0 Å². The topological polar surface area (TPSA) is 84.8 Å². The summed E-state index contributed by atoms with van der Waals surface area (Å²) in [6, 6.07) is 4.41. The second-order valence-corrected chi connectivity index (χ2v) is 8.46. The van der Waals surface area contributed by atoms with Crippen LogP contribution >= 0.6 is 0 Å². The van der Waals surface area contributed by atoms with Gasteiger partial charge in [-0.1, -0.05) is 0 Å². The highest BCUT2D eigenvalue weighted by Crippen LogP contribution is 2.26. The van der Waals surface area contributed by atoms with Crippen molar-refractivity contribution in [3.05, 3.63) is 30.4 Å². The van der Waals surface area contributed by atoms with Crippen molar-refractivity contribution < 1.29 is 5.11 Å². The lowest BCUT2D eigenvalue weighted by Gasteiger charge is -2.45. The number of nitrogens with zero attached hydrogens (tertiary/aromatic N) is 8. The Morgan fingerprint density at radius 1 is 0.900 bits per heavy atom. The molecule has 0 amide bonds. The van der Waals surface area contributed by atoms with E-state index in [0.717, 1.165) is 56.9 Å². The van der Waals surface area contributed by atoms with E-state index in [-0.39, 0.29) is 12.1 Å². The second kappa shape index (κ2) is 8.69. The lowest BCUT2D eigenvalue weighted by Crippen LogP contribution is -2.57. The van der Waals surface area contributed by atoms with Crippen LogP contribution in [0.5, 0.6) is 0 Å².